The van der Waals surface area contributed by atoms with E-state index in [1.54, 1.807) is 19.3 Å². The minimum absolute atomic E-state index is 0.307. The first-order chi connectivity index (χ1) is 12.6. The zero-order chi connectivity index (χ0) is 18.5. The van der Waals surface area contributed by atoms with E-state index in [2.05, 4.69) is 10.3 Å². The van der Waals surface area contributed by atoms with E-state index < -0.39 is 24.5 Å². The number of imidazole rings is 1. The predicted octanol–water partition coefficient (Wildman–Crippen LogP) is 2.38. The average molecular weight is 353 g/mol. The summed E-state index contributed by atoms with van der Waals surface area (Å²) in [6.45, 7) is 1.26. The number of aryl methyl sites for hydroxylation is 2. The molecule has 0 aliphatic carbocycles. The van der Waals surface area contributed by atoms with Gasteiger partial charge in [0.05, 0.1) is 6.26 Å². The molecule has 2 aromatic heterocycles. The Balaban J connectivity index is 1.69. The summed E-state index contributed by atoms with van der Waals surface area (Å²) in [5.41, 5.74) is 1.19. The summed E-state index contributed by atoms with van der Waals surface area (Å²) in [6.07, 6.45) is 4.87. The summed E-state index contributed by atoms with van der Waals surface area (Å²) in [6, 6.07) is 10.5. The number of ether oxygens (including phenoxy) is 1. The summed E-state index contributed by atoms with van der Waals surface area (Å²) < 4.78 is 12.0. The van der Waals surface area contributed by atoms with Crippen molar-refractivity contribution in [3.05, 3.63) is 77.8 Å². The van der Waals surface area contributed by atoms with Crippen LogP contribution in [0.5, 0.6) is 0 Å². The number of aromatic nitrogens is 2. The SMILES string of the molecule is Cc1occc1C(=O)OCC(=O)N[C@H](c1ccccc1)c1nccn1C. The zero-order valence-corrected chi connectivity index (χ0v) is 14.5. The number of rotatable bonds is 6. The summed E-state index contributed by atoms with van der Waals surface area (Å²) in [5, 5.41) is 2.87. The number of nitrogens with one attached hydrogen (secondary N) is 1. The quantitative estimate of drug-likeness (QED) is 0.688. The molecule has 7 nitrogen and oxygen atoms in total. The van der Waals surface area contributed by atoms with Gasteiger partial charge in [-0.15, -0.1) is 0 Å². The predicted molar refractivity (Wildman–Crippen MR) is 93.4 cm³/mol. The van der Waals surface area contributed by atoms with E-state index in [4.69, 9.17) is 9.15 Å². The monoisotopic (exact) mass is 353 g/mol. The number of carbonyl (C=O) groups excluding carboxylic acids is 2. The topological polar surface area (TPSA) is 86.4 Å². The molecule has 0 radical (unpaired) electrons. The van der Waals surface area contributed by atoms with Crippen LogP contribution in [0.25, 0.3) is 0 Å². The highest BCUT2D eigenvalue weighted by atomic mass is 16.5. The maximum absolute atomic E-state index is 12.3. The van der Waals surface area contributed by atoms with Gasteiger partial charge in [-0.1, -0.05) is 30.3 Å². The Bertz CT molecular complexity index is 898. The van der Waals surface area contributed by atoms with E-state index in [9.17, 15) is 9.59 Å². The van der Waals surface area contributed by atoms with Gasteiger partial charge in [-0.05, 0) is 18.6 Å². The average Bonchev–Trinajstić information content (AvgIpc) is 3.26. The van der Waals surface area contributed by atoms with Gasteiger partial charge in [0.2, 0.25) is 0 Å². The van der Waals surface area contributed by atoms with Crippen molar-refractivity contribution in [3.63, 3.8) is 0 Å². The number of hydrogen-bond acceptors (Lipinski definition) is 5. The highest BCUT2D eigenvalue weighted by molar-refractivity contribution is 5.92. The van der Waals surface area contributed by atoms with Gasteiger partial charge in [-0.3, -0.25) is 4.79 Å². The van der Waals surface area contributed by atoms with Gasteiger partial charge >= 0.3 is 5.97 Å². The van der Waals surface area contributed by atoms with Gasteiger partial charge in [0, 0.05) is 19.4 Å². The molecule has 134 valence electrons. The maximum Gasteiger partial charge on any atom is 0.342 e. The largest absolute Gasteiger partial charge is 0.469 e. The van der Waals surface area contributed by atoms with Gasteiger partial charge in [0.1, 0.15) is 23.2 Å². The Labute approximate surface area is 150 Å². The Kier molecular flexibility index (Phi) is 5.17. The van der Waals surface area contributed by atoms with Gasteiger partial charge in [-0.2, -0.15) is 0 Å². The molecule has 26 heavy (non-hydrogen) atoms. The van der Waals surface area contributed by atoms with Crippen LogP contribution in [0.4, 0.5) is 0 Å². The van der Waals surface area contributed by atoms with Gasteiger partial charge < -0.3 is 19.0 Å². The smallest absolute Gasteiger partial charge is 0.342 e. The van der Waals surface area contributed by atoms with Gasteiger partial charge in [0.25, 0.3) is 5.91 Å². The van der Waals surface area contributed by atoms with Crippen molar-refractivity contribution in [1.29, 1.82) is 0 Å². The Hall–Kier alpha value is -3.35. The van der Waals surface area contributed by atoms with Crippen LogP contribution < -0.4 is 5.32 Å². The van der Waals surface area contributed by atoms with Crippen molar-refractivity contribution in [2.75, 3.05) is 6.61 Å². The third kappa shape index (κ3) is 3.83. The number of nitrogens with zero attached hydrogens (tertiary/aromatic N) is 2. The van der Waals surface area contributed by atoms with Crippen LogP contribution in [0.2, 0.25) is 0 Å². The lowest BCUT2D eigenvalue weighted by Crippen LogP contribution is -2.34. The molecule has 0 fully saturated rings. The molecular formula is C19H19N3O4. The fourth-order valence-electron chi connectivity index (χ4n) is 2.61. The van der Waals surface area contributed by atoms with Gasteiger partial charge in [0.15, 0.2) is 6.61 Å². The summed E-state index contributed by atoms with van der Waals surface area (Å²) in [4.78, 5) is 28.7. The zero-order valence-electron chi connectivity index (χ0n) is 14.5. The van der Waals surface area contributed by atoms with E-state index in [0.29, 0.717) is 17.1 Å². The molecule has 2 heterocycles. The number of carbonyl (C=O) groups is 2. The molecule has 0 unspecified atom stereocenters. The second-order valence-electron chi connectivity index (χ2n) is 5.77. The van der Waals surface area contributed by atoms with E-state index in [1.165, 1.54) is 12.3 Å². The molecule has 0 aliphatic rings. The summed E-state index contributed by atoms with van der Waals surface area (Å²) >= 11 is 0. The first-order valence-corrected chi connectivity index (χ1v) is 8.09. The molecular weight excluding hydrogens is 334 g/mol. The molecule has 3 aromatic rings. The lowest BCUT2D eigenvalue weighted by molar-refractivity contribution is -0.124. The van der Waals surface area contributed by atoms with Crippen molar-refractivity contribution in [1.82, 2.24) is 14.9 Å². The minimum Gasteiger partial charge on any atom is -0.469 e. The molecule has 1 atom stereocenters. The maximum atomic E-state index is 12.3. The highest BCUT2D eigenvalue weighted by Gasteiger charge is 2.22. The van der Waals surface area contributed by atoms with Crippen LogP contribution >= 0.6 is 0 Å². The lowest BCUT2D eigenvalue weighted by Gasteiger charge is -2.19. The summed E-state index contributed by atoms with van der Waals surface area (Å²) in [7, 11) is 1.85. The number of esters is 1. The van der Waals surface area contributed by atoms with E-state index >= 15 is 0 Å². The first-order valence-electron chi connectivity index (χ1n) is 8.09. The Morgan fingerprint density at radius 3 is 2.65 bits per heavy atom. The molecule has 0 saturated carbocycles. The normalized spacial score (nSPS) is 11.8. The van der Waals surface area contributed by atoms with E-state index in [-0.39, 0.29) is 0 Å². The second-order valence-corrected chi connectivity index (χ2v) is 5.77. The van der Waals surface area contributed by atoms with Crippen LogP contribution in [0.15, 0.2) is 59.5 Å². The van der Waals surface area contributed by atoms with Crippen LogP contribution in [0, 0.1) is 6.92 Å². The van der Waals surface area contributed by atoms with Crippen molar-refractivity contribution >= 4 is 11.9 Å². The Morgan fingerprint density at radius 2 is 2.04 bits per heavy atom. The number of benzene rings is 1. The molecule has 3 rings (SSSR count). The molecule has 7 heteroatoms. The number of hydrogen-bond donors (Lipinski definition) is 1. The first kappa shape index (κ1) is 17.5. The molecule has 1 aromatic carbocycles. The van der Waals surface area contributed by atoms with Crippen molar-refractivity contribution in [2.45, 2.75) is 13.0 Å². The van der Waals surface area contributed by atoms with E-state index in [0.717, 1.165) is 5.56 Å². The van der Waals surface area contributed by atoms with Crippen LogP contribution in [0.1, 0.15) is 33.5 Å². The van der Waals surface area contributed by atoms with Crippen molar-refractivity contribution < 1.29 is 18.7 Å². The molecule has 0 spiro atoms. The molecule has 0 aliphatic heterocycles. The second kappa shape index (κ2) is 7.69. The van der Waals surface area contributed by atoms with Crippen LogP contribution in [0.3, 0.4) is 0 Å². The molecule has 1 N–H and O–H groups in total. The van der Waals surface area contributed by atoms with Gasteiger partial charge in [-0.25, -0.2) is 9.78 Å². The molecule has 1 amide bonds. The summed E-state index contributed by atoms with van der Waals surface area (Å²) in [5.74, 6) is 0.114. The highest BCUT2D eigenvalue weighted by Crippen LogP contribution is 2.20. The third-order valence-electron chi connectivity index (χ3n) is 3.97. The fourth-order valence-corrected chi connectivity index (χ4v) is 2.61. The lowest BCUT2D eigenvalue weighted by atomic mass is 10.1. The Morgan fingerprint density at radius 1 is 1.27 bits per heavy atom. The third-order valence-corrected chi connectivity index (χ3v) is 3.97. The standard InChI is InChI=1S/C19H19N3O4/c1-13-15(8-11-25-13)19(24)26-12-16(23)21-17(14-6-4-3-5-7-14)18-20-9-10-22(18)2/h3-11,17H,12H2,1-2H3,(H,21,23)/t17-/m1/s1. The van der Waals surface area contributed by atoms with Crippen molar-refractivity contribution in [3.8, 4) is 0 Å². The fraction of sp³-hybridized carbons (Fsp3) is 0.211. The minimum atomic E-state index is -0.598. The molecule has 0 bridgehead atoms. The van der Waals surface area contributed by atoms with Crippen molar-refractivity contribution in [2.24, 2.45) is 7.05 Å². The van der Waals surface area contributed by atoms with Crippen LogP contribution in [-0.2, 0) is 16.6 Å². The van der Waals surface area contributed by atoms with Crippen LogP contribution in [-0.4, -0.2) is 28.0 Å². The number of amides is 1. The van der Waals surface area contributed by atoms with E-state index in [1.807, 2.05) is 41.9 Å². The number of furan rings is 1. The molecule has 0 saturated heterocycles.